The van der Waals surface area contributed by atoms with Crippen LogP contribution in [0.25, 0.3) is 0 Å². The number of nitrogens with one attached hydrogen (secondary N) is 1. The topological polar surface area (TPSA) is 105 Å². The summed E-state index contributed by atoms with van der Waals surface area (Å²) in [5.74, 6) is 1.48. The van der Waals surface area contributed by atoms with E-state index >= 15 is 0 Å². The van der Waals surface area contributed by atoms with Gasteiger partial charge in [0.1, 0.15) is 0 Å². The molecule has 2 heterocycles. The number of aromatic nitrogens is 1. The molecule has 1 aromatic heterocycles. The van der Waals surface area contributed by atoms with Gasteiger partial charge in [0.25, 0.3) is 0 Å². The van der Waals surface area contributed by atoms with E-state index in [0.717, 1.165) is 30.4 Å². The fraction of sp³-hybridized carbons (Fsp3) is 0.500. The maximum absolute atomic E-state index is 10.9. The number of carboxylic acids is 1. The van der Waals surface area contributed by atoms with Gasteiger partial charge < -0.3 is 10.4 Å². The van der Waals surface area contributed by atoms with Crippen LogP contribution in [0.5, 0.6) is 0 Å². The molecule has 1 aliphatic rings. The van der Waals surface area contributed by atoms with Crippen molar-refractivity contribution >= 4 is 29.2 Å². The zero-order chi connectivity index (χ0) is 14.5. The Morgan fingerprint density at radius 1 is 1.50 bits per heavy atom. The zero-order valence-corrected chi connectivity index (χ0v) is 11.6. The van der Waals surface area contributed by atoms with Crippen molar-refractivity contribution in [2.24, 2.45) is 5.92 Å². The van der Waals surface area contributed by atoms with E-state index in [-0.39, 0.29) is 17.2 Å². The van der Waals surface area contributed by atoms with Crippen LogP contribution in [0, 0.1) is 16.0 Å². The molecular formula is C12H15N3O4S. The third kappa shape index (κ3) is 3.60. The normalized spacial score (nSPS) is 15.8. The molecule has 1 aliphatic heterocycles. The van der Waals surface area contributed by atoms with Crippen molar-refractivity contribution in [3.63, 3.8) is 0 Å². The highest BCUT2D eigenvalue weighted by Gasteiger charge is 2.20. The van der Waals surface area contributed by atoms with Crippen LogP contribution in [0.4, 0.5) is 11.5 Å². The van der Waals surface area contributed by atoms with E-state index in [0.29, 0.717) is 12.5 Å². The molecule has 1 fully saturated rings. The summed E-state index contributed by atoms with van der Waals surface area (Å²) in [6.45, 7) is 0.581. The molecule has 0 atom stereocenters. The monoisotopic (exact) mass is 297 g/mol. The van der Waals surface area contributed by atoms with E-state index in [1.807, 2.05) is 11.8 Å². The van der Waals surface area contributed by atoms with Crippen LogP contribution in [-0.4, -0.2) is 39.0 Å². The Balaban J connectivity index is 2.12. The molecule has 0 saturated carbocycles. The van der Waals surface area contributed by atoms with Gasteiger partial charge in [-0.2, -0.15) is 11.8 Å². The van der Waals surface area contributed by atoms with Crippen LogP contribution in [0.3, 0.4) is 0 Å². The Bertz CT molecular complexity index is 517. The molecule has 0 radical (unpaired) electrons. The number of carboxylic acid groups (broad SMARTS) is 1. The van der Waals surface area contributed by atoms with Gasteiger partial charge in [-0.25, -0.2) is 9.78 Å². The van der Waals surface area contributed by atoms with Crippen molar-refractivity contribution in [3.8, 4) is 0 Å². The predicted molar refractivity (Wildman–Crippen MR) is 76.4 cm³/mol. The van der Waals surface area contributed by atoms with Gasteiger partial charge >= 0.3 is 11.7 Å². The van der Waals surface area contributed by atoms with Crippen molar-refractivity contribution in [2.45, 2.75) is 12.8 Å². The molecule has 1 saturated heterocycles. The highest BCUT2D eigenvalue weighted by Crippen LogP contribution is 2.26. The largest absolute Gasteiger partial charge is 0.477 e. The van der Waals surface area contributed by atoms with Crippen molar-refractivity contribution in [2.75, 3.05) is 23.4 Å². The number of aromatic carboxylic acids is 1. The Labute approximate surface area is 119 Å². The number of anilines is 1. The SMILES string of the molecule is O=C(O)c1ccc([N+](=O)[O-])c(NCC2CCSCC2)n1. The Hall–Kier alpha value is -1.83. The molecule has 0 unspecified atom stereocenters. The molecule has 0 bridgehead atoms. The van der Waals surface area contributed by atoms with Gasteiger partial charge in [-0.15, -0.1) is 0 Å². The van der Waals surface area contributed by atoms with E-state index in [4.69, 9.17) is 5.11 Å². The van der Waals surface area contributed by atoms with Crippen LogP contribution in [0.2, 0.25) is 0 Å². The number of pyridine rings is 1. The summed E-state index contributed by atoms with van der Waals surface area (Å²) in [6, 6.07) is 2.32. The van der Waals surface area contributed by atoms with Gasteiger partial charge in [0.05, 0.1) is 4.92 Å². The van der Waals surface area contributed by atoms with Crippen molar-refractivity contribution in [1.29, 1.82) is 0 Å². The molecule has 2 N–H and O–H groups in total. The number of hydrogen-bond acceptors (Lipinski definition) is 6. The fourth-order valence-corrected chi connectivity index (χ4v) is 3.24. The number of nitrogens with zero attached hydrogens (tertiary/aromatic N) is 2. The maximum Gasteiger partial charge on any atom is 0.354 e. The Morgan fingerprint density at radius 3 is 2.80 bits per heavy atom. The third-order valence-electron chi connectivity index (χ3n) is 3.19. The first-order valence-corrected chi connectivity index (χ1v) is 7.43. The average molecular weight is 297 g/mol. The summed E-state index contributed by atoms with van der Waals surface area (Å²) >= 11 is 1.91. The first-order valence-electron chi connectivity index (χ1n) is 6.28. The smallest absolute Gasteiger partial charge is 0.354 e. The van der Waals surface area contributed by atoms with Gasteiger partial charge in [-0.05, 0) is 36.3 Å². The van der Waals surface area contributed by atoms with Gasteiger partial charge in [-0.1, -0.05) is 0 Å². The molecule has 7 nitrogen and oxygen atoms in total. The number of nitro groups is 1. The minimum Gasteiger partial charge on any atom is -0.477 e. The number of hydrogen-bond donors (Lipinski definition) is 2. The van der Waals surface area contributed by atoms with E-state index in [1.165, 1.54) is 6.07 Å². The highest BCUT2D eigenvalue weighted by molar-refractivity contribution is 7.99. The second-order valence-electron chi connectivity index (χ2n) is 4.56. The lowest BCUT2D eigenvalue weighted by Crippen LogP contribution is -2.20. The standard InChI is InChI=1S/C12H15N3O4S/c16-12(17)9-1-2-10(15(18)19)11(14-9)13-7-8-3-5-20-6-4-8/h1-2,8H,3-7H2,(H,13,14)(H,16,17). The van der Waals surface area contributed by atoms with Crippen LogP contribution < -0.4 is 5.32 Å². The quantitative estimate of drug-likeness (QED) is 0.634. The van der Waals surface area contributed by atoms with Crippen LogP contribution in [0.15, 0.2) is 12.1 Å². The van der Waals surface area contributed by atoms with Crippen LogP contribution >= 0.6 is 11.8 Å². The first kappa shape index (κ1) is 14.6. The third-order valence-corrected chi connectivity index (χ3v) is 4.24. The molecule has 20 heavy (non-hydrogen) atoms. The van der Waals surface area contributed by atoms with Gasteiger partial charge in [0, 0.05) is 12.6 Å². The van der Waals surface area contributed by atoms with E-state index in [9.17, 15) is 14.9 Å². The summed E-state index contributed by atoms with van der Waals surface area (Å²) < 4.78 is 0. The van der Waals surface area contributed by atoms with E-state index in [2.05, 4.69) is 10.3 Å². The van der Waals surface area contributed by atoms with Gasteiger partial charge in [-0.3, -0.25) is 10.1 Å². The zero-order valence-electron chi connectivity index (χ0n) is 10.7. The first-order chi connectivity index (χ1) is 9.58. The second-order valence-corrected chi connectivity index (χ2v) is 5.79. The summed E-state index contributed by atoms with van der Waals surface area (Å²) in [5, 5.41) is 22.8. The highest BCUT2D eigenvalue weighted by atomic mass is 32.2. The van der Waals surface area contributed by atoms with Crippen LogP contribution in [-0.2, 0) is 0 Å². The molecule has 0 aromatic carbocycles. The Morgan fingerprint density at radius 2 is 2.20 bits per heavy atom. The summed E-state index contributed by atoms with van der Waals surface area (Å²) in [5.41, 5.74) is -0.391. The molecule has 8 heteroatoms. The lowest BCUT2D eigenvalue weighted by Gasteiger charge is -2.21. The molecule has 0 amide bonds. The minimum atomic E-state index is -1.20. The number of carbonyl (C=O) groups is 1. The van der Waals surface area contributed by atoms with Crippen molar-refractivity contribution in [1.82, 2.24) is 4.98 Å². The molecule has 1 aromatic rings. The number of rotatable bonds is 5. The summed E-state index contributed by atoms with van der Waals surface area (Å²) in [7, 11) is 0. The van der Waals surface area contributed by atoms with E-state index < -0.39 is 10.9 Å². The average Bonchev–Trinajstić information content (AvgIpc) is 2.45. The molecule has 0 aliphatic carbocycles. The Kier molecular flexibility index (Phi) is 4.78. The van der Waals surface area contributed by atoms with Crippen molar-refractivity contribution < 1.29 is 14.8 Å². The van der Waals surface area contributed by atoms with E-state index in [1.54, 1.807) is 0 Å². The van der Waals surface area contributed by atoms with Crippen LogP contribution in [0.1, 0.15) is 23.3 Å². The predicted octanol–water partition coefficient (Wildman–Crippen LogP) is 2.24. The van der Waals surface area contributed by atoms with Gasteiger partial charge in [0.2, 0.25) is 5.82 Å². The molecule has 108 valence electrons. The summed E-state index contributed by atoms with van der Waals surface area (Å²) in [4.78, 5) is 25.1. The number of thioether (sulfide) groups is 1. The molecule has 0 spiro atoms. The second kappa shape index (κ2) is 6.56. The fourth-order valence-electron chi connectivity index (χ4n) is 2.04. The minimum absolute atomic E-state index is 0.0353. The molecular weight excluding hydrogens is 282 g/mol. The maximum atomic E-state index is 10.9. The van der Waals surface area contributed by atoms with Crippen molar-refractivity contribution in [3.05, 3.63) is 27.9 Å². The molecule has 2 rings (SSSR count). The summed E-state index contributed by atoms with van der Waals surface area (Å²) in [6.07, 6.45) is 2.12. The lowest BCUT2D eigenvalue weighted by atomic mass is 10.0. The lowest BCUT2D eigenvalue weighted by molar-refractivity contribution is -0.384. The van der Waals surface area contributed by atoms with Gasteiger partial charge in [0.15, 0.2) is 5.69 Å².